The van der Waals surface area contributed by atoms with Crippen LogP contribution in [0.4, 0.5) is 18.9 Å². The summed E-state index contributed by atoms with van der Waals surface area (Å²) in [5.74, 6) is 6.24. The molecule has 3 N–H and O–H groups in total. The summed E-state index contributed by atoms with van der Waals surface area (Å²) in [4.78, 5) is 12.3. The third-order valence-electron chi connectivity index (χ3n) is 3.54. The van der Waals surface area contributed by atoms with Gasteiger partial charge in [0.2, 0.25) is 16.9 Å². The number of benzene rings is 1. The van der Waals surface area contributed by atoms with Crippen molar-refractivity contribution in [2.45, 2.75) is 23.5 Å². The highest BCUT2D eigenvalue weighted by Gasteiger charge is 2.30. The first-order valence-electron chi connectivity index (χ1n) is 7.65. The zero-order chi connectivity index (χ0) is 19.6. The summed E-state index contributed by atoms with van der Waals surface area (Å²) in [6.45, 7) is 1.62. The van der Waals surface area contributed by atoms with Crippen molar-refractivity contribution >= 4 is 23.4 Å². The number of furan rings is 1. The molecule has 0 unspecified atom stereocenters. The number of rotatable bonds is 5. The molecule has 0 aliphatic rings. The first-order chi connectivity index (χ1) is 12.8. The topological polar surface area (TPSA) is 99.0 Å². The Morgan fingerprint density at radius 3 is 2.56 bits per heavy atom. The Labute approximate surface area is 155 Å². The maximum absolute atomic E-state index is 12.6. The Kier molecular flexibility index (Phi) is 5.13. The maximum atomic E-state index is 12.6. The van der Waals surface area contributed by atoms with E-state index in [-0.39, 0.29) is 10.8 Å². The fourth-order valence-electron chi connectivity index (χ4n) is 2.13. The van der Waals surface area contributed by atoms with Gasteiger partial charge in [0.25, 0.3) is 0 Å². The van der Waals surface area contributed by atoms with Crippen LogP contribution < -0.4 is 11.2 Å². The summed E-state index contributed by atoms with van der Waals surface area (Å²) in [6.07, 6.45) is -2.96. The Morgan fingerprint density at radius 2 is 1.96 bits per heavy atom. The van der Waals surface area contributed by atoms with Gasteiger partial charge in [-0.05, 0) is 43.3 Å². The normalized spacial score (nSPS) is 12.7. The quantitative estimate of drug-likeness (QED) is 0.506. The minimum atomic E-state index is -4.43. The van der Waals surface area contributed by atoms with E-state index in [1.165, 1.54) is 23.1 Å². The Morgan fingerprint density at radius 1 is 1.26 bits per heavy atom. The van der Waals surface area contributed by atoms with Gasteiger partial charge in [0, 0.05) is 5.69 Å². The van der Waals surface area contributed by atoms with E-state index in [1.54, 1.807) is 19.1 Å². The predicted octanol–water partition coefficient (Wildman–Crippen LogP) is 3.39. The number of anilines is 1. The van der Waals surface area contributed by atoms with E-state index in [1.807, 2.05) is 0 Å². The number of aromatic nitrogens is 3. The third-order valence-corrected chi connectivity index (χ3v) is 4.59. The van der Waals surface area contributed by atoms with Crippen molar-refractivity contribution in [2.75, 3.05) is 11.2 Å². The number of hydrogen-bond donors (Lipinski definition) is 2. The molecule has 27 heavy (non-hydrogen) atoms. The largest absolute Gasteiger partial charge is 0.461 e. The lowest BCUT2D eigenvalue weighted by Gasteiger charge is -2.12. The number of alkyl halides is 3. The lowest BCUT2D eigenvalue weighted by atomic mass is 10.2. The van der Waals surface area contributed by atoms with E-state index in [2.05, 4.69) is 15.5 Å². The van der Waals surface area contributed by atoms with Gasteiger partial charge in [-0.1, -0.05) is 11.8 Å². The number of carbonyl (C=O) groups is 1. The first kappa shape index (κ1) is 18.8. The molecule has 1 amide bonds. The van der Waals surface area contributed by atoms with E-state index >= 15 is 0 Å². The van der Waals surface area contributed by atoms with E-state index < -0.39 is 22.9 Å². The average Bonchev–Trinajstić information content (AvgIpc) is 3.25. The minimum absolute atomic E-state index is 0.255. The minimum Gasteiger partial charge on any atom is -0.461 e. The fourth-order valence-corrected chi connectivity index (χ4v) is 2.90. The summed E-state index contributed by atoms with van der Waals surface area (Å²) in [5.41, 5.74) is -0.532. The van der Waals surface area contributed by atoms with Crippen LogP contribution >= 0.6 is 11.8 Å². The van der Waals surface area contributed by atoms with Crippen molar-refractivity contribution in [3.05, 3.63) is 48.2 Å². The molecule has 11 heteroatoms. The highest BCUT2D eigenvalue weighted by Crippen LogP contribution is 2.30. The smallest absolute Gasteiger partial charge is 0.416 e. The number of nitrogens with one attached hydrogen (secondary N) is 1. The number of nitrogen functional groups attached to an aromatic ring is 1. The van der Waals surface area contributed by atoms with Crippen LogP contribution in [0.5, 0.6) is 0 Å². The van der Waals surface area contributed by atoms with Crippen molar-refractivity contribution in [1.29, 1.82) is 0 Å². The Hall–Kier alpha value is -2.95. The lowest BCUT2D eigenvalue weighted by Crippen LogP contribution is -2.23. The summed E-state index contributed by atoms with van der Waals surface area (Å²) in [5, 5.41) is 10.1. The molecule has 0 spiro atoms. The average molecular weight is 397 g/mol. The number of carbonyl (C=O) groups excluding carboxylic acids is 1. The second kappa shape index (κ2) is 7.35. The number of nitrogens with zero attached hydrogens (tertiary/aromatic N) is 3. The summed E-state index contributed by atoms with van der Waals surface area (Å²) in [7, 11) is 0. The molecule has 7 nitrogen and oxygen atoms in total. The second-order valence-electron chi connectivity index (χ2n) is 5.48. The first-order valence-corrected chi connectivity index (χ1v) is 8.53. The molecule has 0 saturated heterocycles. The van der Waals surface area contributed by atoms with Crippen molar-refractivity contribution in [3.63, 3.8) is 0 Å². The number of nitrogens with two attached hydrogens (primary N) is 1. The highest BCUT2D eigenvalue weighted by molar-refractivity contribution is 8.00. The molecule has 0 fully saturated rings. The van der Waals surface area contributed by atoms with E-state index in [0.29, 0.717) is 11.6 Å². The molecule has 1 atom stereocenters. The Bertz CT molecular complexity index is 923. The van der Waals surface area contributed by atoms with Gasteiger partial charge in [-0.25, -0.2) is 4.68 Å². The van der Waals surface area contributed by atoms with Crippen molar-refractivity contribution in [1.82, 2.24) is 14.9 Å². The molecular formula is C16H14F3N5O2S. The standard InChI is InChI=1S/C16H14F3N5O2S/c1-9(14(25)21-11-6-4-10(5-7-11)16(17,18)19)27-15-23-22-13(24(15)20)12-3-2-8-26-12/h2-9H,20H2,1H3,(H,21,25)/t9-/m1/s1. The SMILES string of the molecule is C[C@@H](Sc1nnc(-c2ccco2)n1N)C(=O)Nc1ccc(C(F)(F)F)cc1. The summed E-state index contributed by atoms with van der Waals surface area (Å²) in [6, 6.07) is 7.54. The Balaban J connectivity index is 1.64. The second-order valence-corrected chi connectivity index (χ2v) is 6.79. The molecular weight excluding hydrogens is 383 g/mol. The molecule has 2 aromatic heterocycles. The van der Waals surface area contributed by atoms with Gasteiger partial charge in [0.15, 0.2) is 5.76 Å². The zero-order valence-electron chi connectivity index (χ0n) is 13.9. The number of hydrogen-bond acceptors (Lipinski definition) is 6. The van der Waals surface area contributed by atoms with Crippen LogP contribution in [0.15, 0.2) is 52.2 Å². The van der Waals surface area contributed by atoms with Crippen molar-refractivity contribution in [2.24, 2.45) is 0 Å². The van der Waals surface area contributed by atoms with Gasteiger partial charge < -0.3 is 15.6 Å². The molecule has 142 valence electrons. The van der Waals surface area contributed by atoms with E-state index in [4.69, 9.17) is 10.3 Å². The van der Waals surface area contributed by atoms with Crippen molar-refractivity contribution in [3.8, 4) is 11.6 Å². The summed E-state index contributed by atoms with van der Waals surface area (Å²) < 4.78 is 44.1. The van der Waals surface area contributed by atoms with Crippen molar-refractivity contribution < 1.29 is 22.4 Å². The predicted molar refractivity (Wildman–Crippen MR) is 93.3 cm³/mol. The molecule has 3 rings (SSSR count). The molecule has 2 heterocycles. The molecule has 0 bridgehead atoms. The van der Waals surface area contributed by atoms with Crippen LogP contribution in [0.25, 0.3) is 11.6 Å². The highest BCUT2D eigenvalue weighted by atomic mass is 32.2. The maximum Gasteiger partial charge on any atom is 0.416 e. The van der Waals surface area contributed by atoms with E-state index in [0.717, 1.165) is 23.9 Å². The van der Waals surface area contributed by atoms with Crippen LogP contribution in [0.2, 0.25) is 0 Å². The van der Waals surface area contributed by atoms with Crippen LogP contribution in [-0.4, -0.2) is 26.0 Å². The van der Waals surface area contributed by atoms with Gasteiger partial charge in [-0.3, -0.25) is 4.79 Å². The molecule has 0 aliphatic carbocycles. The summed E-state index contributed by atoms with van der Waals surface area (Å²) >= 11 is 1.05. The lowest BCUT2D eigenvalue weighted by molar-refractivity contribution is -0.137. The fraction of sp³-hybridized carbons (Fsp3) is 0.188. The molecule has 0 saturated carbocycles. The molecule has 3 aromatic rings. The van der Waals surface area contributed by atoms with Gasteiger partial charge in [-0.15, -0.1) is 10.2 Å². The van der Waals surface area contributed by atoms with Gasteiger partial charge in [-0.2, -0.15) is 13.2 Å². The van der Waals surface area contributed by atoms with Gasteiger partial charge in [0.05, 0.1) is 17.1 Å². The van der Waals surface area contributed by atoms with Gasteiger partial charge >= 0.3 is 6.18 Å². The van der Waals surface area contributed by atoms with Gasteiger partial charge in [0.1, 0.15) is 0 Å². The number of thioether (sulfide) groups is 1. The molecule has 0 radical (unpaired) electrons. The van der Waals surface area contributed by atoms with Crippen LogP contribution in [0.3, 0.4) is 0 Å². The number of amides is 1. The molecule has 0 aliphatic heterocycles. The van der Waals surface area contributed by atoms with Crippen LogP contribution in [0.1, 0.15) is 12.5 Å². The monoisotopic (exact) mass is 397 g/mol. The van der Waals surface area contributed by atoms with Crippen LogP contribution in [0, 0.1) is 0 Å². The molecule has 1 aromatic carbocycles. The van der Waals surface area contributed by atoms with Crippen LogP contribution in [-0.2, 0) is 11.0 Å². The number of halogens is 3. The third kappa shape index (κ3) is 4.25. The van der Waals surface area contributed by atoms with E-state index in [9.17, 15) is 18.0 Å². The zero-order valence-corrected chi connectivity index (χ0v) is 14.7.